The quantitative estimate of drug-likeness (QED) is 0.872. The Hall–Kier alpha value is -1.88. The van der Waals surface area contributed by atoms with Crippen LogP contribution in [0.3, 0.4) is 0 Å². The van der Waals surface area contributed by atoms with E-state index in [0.29, 0.717) is 19.0 Å². The highest BCUT2D eigenvalue weighted by molar-refractivity contribution is 5.95. The highest BCUT2D eigenvalue weighted by Crippen LogP contribution is 2.30. The molecule has 3 rings (SSSR count). The molecular formula is C17H22N2O3. The molecule has 0 bridgehead atoms. The number of para-hydroxylation sites is 1. The van der Waals surface area contributed by atoms with Crippen LogP contribution in [-0.2, 0) is 16.0 Å². The highest BCUT2D eigenvalue weighted by atomic mass is 16.4. The Morgan fingerprint density at radius 1 is 1.36 bits per heavy atom. The largest absolute Gasteiger partial charge is 0.480 e. The molecule has 0 aromatic heterocycles. The lowest BCUT2D eigenvalue weighted by Crippen LogP contribution is -2.43. The maximum absolute atomic E-state index is 12.5. The minimum Gasteiger partial charge on any atom is -0.480 e. The molecule has 1 N–H and O–H groups in total. The van der Waals surface area contributed by atoms with Gasteiger partial charge in [0.15, 0.2) is 0 Å². The molecule has 1 saturated carbocycles. The van der Waals surface area contributed by atoms with E-state index in [1.54, 1.807) is 6.92 Å². The van der Waals surface area contributed by atoms with Crippen LogP contribution in [0.1, 0.15) is 31.7 Å². The highest BCUT2D eigenvalue weighted by Gasteiger charge is 2.35. The zero-order valence-corrected chi connectivity index (χ0v) is 12.9. The number of carboxylic acids is 1. The van der Waals surface area contributed by atoms with Crippen LogP contribution in [0.4, 0.5) is 5.69 Å². The number of aliphatic carboxylic acids is 1. The van der Waals surface area contributed by atoms with Crippen LogP contribution in [0.25, 0.3) is 0 Å². The summed E-state index contributed by atoms with van der Waals surface area (Å²) in [7, 11) is 0. The monoisotopic (exact) mass is 302 g/mol. The van der Waals surface area contributed by atoms with E-state index < -0.39 is 12.0 Å². The summed E-state index contributed by atoms with van der Waals surface area (Å²) < 4.78 is 0. The molecule has 1 aromatic rings. The molecule has 118 valence electrons. The van der Waals surface area contributed by atoms with Crippen LogP contribution in [0.15, 0.2) is 24.3 Å². The predicted octanol–water partition coefficient (Wildman–Crippen LogP) is 1.90. The van der Waals surface area contributed by atoms with E-state index in [1.807, 2.05) is 28.0 Å². The van der Waals surface area contributed by atoms with Crippen LogP contribution < -0.4 is 4.90 Å². The number of hydrogen-bond donors (Lipinski definition) is 1. The Morgan fingerprint density at radius 2 is 2.09 bits per heavy atom. The molecule has 1 fully saturated rings. The first-order valence-electron chi connectivity index (χ1n) is 7.94. The second-order valence-electron chi connectivity index (χ2n) is 6.16. The lowest BCUT2D eigenvalue weighted by atomic mass is 10.2. The summed E-state index contributed by atoms with van der Waals surface area (Å²) in [5, 5.41) is 9.20. The molecule has 1 aromatic carbocycles. The van der Waals surface area contributed by atoms with Gasteiger partial charge in [0.2, 0.25) is 5.91 Å². The van der Waals surface area contributed by atoms with Crippen molar-refractivity contribution in [2.75, 3.05) is 18.0 Å². The summed E-state index contributed by atoms with van der Waals surface area (Å²) in [5.74, 6) is -0.723. The first-order valence-corrected chi connectivity index (χ1v) is 7.94. The van der Waals surface area contributed by atoms with E-state index in [2.05, 4.69) is 6.07 Å². The van der Waals surface area contributed by atoms with Crippen molar-refractivity contribution in [3.63, 3.8) is 0 Å². The number of anilines is 1. The number of carbonyl (C=O) groups excluding carboxylic acids is 1. The minimum absolute atomic E-state index is 0.0909. The summed E-state index contributed by atoms with van der Waals surface area (Å²) >= 11 is 0. The van der Waals surface area contributed by atoms with Gasteiger partial charge in [0.1, 0.15) is 6.04 Å². The Kier molecular flexibility index (Phi) is 4.16. The average molecular weight is 302 g/mol. The smallest absolute Gasteiger partial charge is 0.320 e. The Labute approximate surface area is 130 Å². The predicted molar refractivity (Wildman–Crippen MR) is 83.9 cm³/mol. The Bertz CT molecular complexity index is 583. The van der Waals surface area contributed by atoms with Gasteiger partial charge in [0.25, 0.3) is 0 Å². The van der Waals surface area contributed by atoms with Gasteiger partial charge in [-0.2, -0.15) is 0 Å². The van der Waals surface area contributed by atoms with Crippen molar-refractivity contribution in [2.24, 2.45) is 0 Å². The minimum atomic E-state index is -0.814. The fraction of sp³-hybridized carbons (Fsp3) is 0.529. The zero-order chi connectivity index (χ0) is 15.7. The molecular weight excluding hydrogens is 280 g/mol. The van der Waals surface area contributed by atoms with Gasteiger partial charge >= 0.3 is 5.97 Å². The molecule has 1 amide bonds. The third-order valence-electron chi connectivity index (χ3n) is 4.64. The third kappa shape index (κ3) is 2.99. The number of rotatable bonds is 6. The number of amides is 1. The number of carbonyl (C=O) groups is 2. The van der Waals surface area contributed by atoms with Crippen molar-refractivity contribution in [1.29, 1.82) is 0 Å². The van der Waals surface area contributed by atoms with Crippen molar-refractivity contribution in [1.82, 2.24) is 4.90 Å². The molecule has 2 aliphatic rings. The van der Waals surface area contributed by atoms with Gasteiger partial charge in [-0.25, -0.2) is 0 Å². The van der Waals surface area contributed by atoms with Crippen molar-refractivity contribution >= 4 is 17.6 Å². The normalized spacial score (nSPS) is 18.4. The van der Waals surface area contributed by atoms with Gasteiger partial charge in [-0.3, -0.25) is 14.5 Å². The SMILES string of the molecule is CC(C(=O)O)N(CCC(=O)N1CCc2ccccc21)C1CC1. The average Bonchev–Trinajstić information content (AvgIpc) is 3.25. The van der Waals surface area contributed by atoms with Gasteiger partial charge in [-0.1, -0.05) is 18.2 Å². The summed E-state index contributed by atoms with van der Waals surface area (Å²) in [6, 6.07) is 7.81. The fourth-order valence-electron chi connectivity index (χ4n) is 3.20. The molecule has 1 aliphatic carbocycles. The fourth-order valence-corrected chi connectivity index (χ4v) is 3.20. The number of fused-ring (bicyclic) bond motifs is 1. The second-order valence-corrected chi connectivity index (χ2v) is 6.16. The maximum atomic E-state index is 12.5. The number of carboxylic acid groups (broad SMARTS) is 1. The van der Waals surface area contributed by atoms with Gasteiger partial charge < -0.3 is 10.0 Å². The van der Waals surface area contributed by atoms with Crippen LogP contribution >= 0.6 is 0 Å². The maximum Gasteiger partial charge on any atom is 0.320 e. The molecule has 5 heteroatoms. The molecule has 1 atom stereocenters. The van der Waals surface area contributed by atoms with E-state index in [-0.39, 0.29) is 5.91 Å². The molecule has 0 saturated heterocycles. The van der Waals surface area contributed by atoms with E-state index in [1.165, 1.54) is 5.56 Å². The lowest BCUT2D eigenvalue weighted by Gasteiger charge is -2.27. The molecule has 1 heterocycles. The van der Waals surface area contributed by atoms with E-state index in [9.17, 15) is 14.7 Å². The van der Waals surface area contributed by atoms with Gasteiger partial charge in [-0.15, -0.1) is 0 Å². The van der Waals surface area contributed by atoms with Crippen LogP contribution in [0.2, 0.25) is 0 Å². The standard InChI is InChI=1S/C17H22N2O3/c1-12(17(21)22)18(14-6-7-14)11-9-16(20)19-10-8-13-4-2-3-5-15(13)19/h2-5,12,14H,6-11H2,1H3,(H,21,22). The van der Waals surface area contributed by atoms with Gasteiger partial charge in [-0.05, 0) is 37.8 Å². The summed E-state index contributed by atoms with van der Waals surface area (Å²) in [4.78, 5) is 27.5. The number of hydrogen-bond acceptors (Lipinski definition) is 3. The molecule has 0 spiro atoms. The first kappa shape index (κ1) is 15.0. The van der Waals surface area contributed by atoms with Crippen molar-refractivity contribution in [3.8, 4) is 0 Å². The summed E-state index contributed by atoms with van der Waals surface area (Å²) in [6.45, 7) is 2.96. The molecule has 5 nitrogen and oxygen atoms in total. The second kappa shape index (κ2) is 6.08. The summed E-state index contributed by atoms with van der Waals surface area (Å²) in [6.07, 6.45) is 3.36. The van der Waals surface area contributed by atoms with Crippen molar-refractivity contribution in [3.05, 3.63) is 29.8 Å². The van der Waals surface area contributed by atoms with Gasteiger partial charge in [0, 0.05) is 31.2 Å². The van der Waals surface area contributed by atoms with E-state index in [0.717, 1.165) is 31.5 Å². The van der Waals surface area contributed by atoms with Crippen LogP contribution in [-0.4, -0.2) is 47.1 Å². The van der Waals surface area contributed by atoms with Crippen LogP contribution in [0, 0.1) is 0 Å². The van der Waals surface area contributed by atoms with Crippen molar-refractivity contribution < 1.29 is 14.7 Å². The van der Waals surface area contributed by atoms with E-state index in [4.69, 9.17) is 0 Å². The Morgan fingerprint density at radius 3 is 2.77 bits per heavy atom. The molecule has 1 aliphatic heterocycles. The third-order valence-corrected chi connectivity index (χ3v) is 4.64. The topological polar surface area (TPSA) is 60.9 Å². The zero-order valence-electron chi connectivity index (χ0n) is 12.9. The Balaban J connectivity index is 1.61. The number of benzene rings is 1. The molecule has 22 heavy (non-hydrogen) atoms. The van der Waals surface area contributed by atoms with Crippen LogP contribution in [0.5, 0.6) is 0 Å². The molecule has 1 unspecified atom stereocenters. The summed E-state index contributed by atoms with van der Waals surface area (Å²) in [5.41, 5.74) is 2.23. The van der Waals surface area contributed by atoms with Gasteiger partial charge in [0.05, 0.1) is 0 Å². The number of nitrogens with zero attached hydrogens (tertiary/aromatic N) is 2. The molecule has 0 radical (unpaired) electrons. The van der Waals surface area contributed by atoms with Crippen molar-refractivity contribution in [2.45, 2.75) is 44.7 Å². The first-order chi connectivity index (χ1) is 10.6. The van der Waals surface area contributed by atoms with E-state index >= 15 is 0 Å². The lowest BCUT2D eigenvalue weighted by molar-refractivity contribution is -0.143.